The molecular weight excluding hydrogens is 304 g/mol. The molecule has 1 amide bonds. The van der Waals surface area contributed by atoms with Crippen molar-refractivity contribution in [3.8, 4) is 5.75 Å². The van der Waals surface area contributed by atoms with Gasteiger partial charge in [0.1, 0.15) is 5.75 Å². The van der Waals surface area contributed by atoms with Gasteiger partial charge in [-0.3, -0.25) is 9.48 Å². The van der Waals surface area contributed by atoms with E-state index in [4.69, 9.17) is 4.74 Å². The zero-order valence-electron chi connectivity index (χ0n) is 15.0. The first-order chi connectivity index (χ1) is 11.4. The fourth-order valence-electron chi connectivity index (χ4n) is 2.40. The number of hydrogen-bond donors (Lipinski definition) is 2. The predicted octanol–water partition coefficient (Wildman–Crippen LogP) is 3.28. The first kappa shape index (κ1) is 18.0. The average Bonchev–Trinajstić information content (AvgIpc) is 3.02. The Labute approximate surface area is 143 Å². The number of amides is 1. The topological polar surface area (TPSA) is 68.2 Å². The third-order valence-corrected chi connectivity index (χ3v) is 3.84. The highest BCUT2D eigenvalue weighted by Crippen LogP contribution is 2.26. The first-order valence-corrected chi connectivity index (χ1v) is 8.12. The second-order valence-electron chi connectivity index (χ2n) is 6.17. The van der Waals surface area contributed by atoms with Gasteiger partial charge < -0.3 is 15.4 Å². The maximum Gasteiger partial charge on any atom is 0.221 e. The number of hydrogen-bond acceptors (Lipinski definition) is 4. The SMILES string of the molecule is COc1ccc(CN[C@H](C)c2cnn(C(C)C)c2)cc1NC(C)=O. The molecule has 0 spiro atoms. The van der Waals surface area contributed by atoms with Crippen LogP contribution in [0.4, 0.5) is 5.69 Å². The van der Waals surface area contributed by atoms with E-state index in [0.29, 0.717) is 24.0 Å². The van der Waals surface area contributed by atoms with Crippen molar-refractivity contribution in [2.45, 2.75) is 46.3 Å². The Morgan fingerprint density at radius 1 is 1.33 bits per heavy atom. The van der Waals surface area contributed by atoms with E-state index >= 15 is 0 Å². The molecule has 0 bridgehead atoms. The van der Waals surface area contributed by atoms with Crippen LogP contribution in [0.1, 0.15) is 50.9 Å². The highest BCUT2D eigenvalue weighted by atomic mass is 16.5. The van der Waals surface area contributed by atoms with E-state index in [0.717, 1.165) is 11.1 Å². The molecule has 6 heteroatoms. The molecule has 1 aromatic carbocycles. The lowest BCUT2D eigenvalue weighted by Gasteiger charge is -2.14. The van der Waals surface area contributed by atoms with Gasteiger partial charge in [0.2, 0.25) is 5.91 Å². The van der Waals surface area contributed by atoms with E-state index in [-0.39, 0.29) is 11.9 Å². The van der Waals surface area contributed by atoms with Crippen LogP contribution in [-0.4, -0.2) is 22.8 Å². The van der Waals surface area contributed by atoms with Gasteiger partial charge in [0.05, 0.1) is 19.0 Å². The van der Waals surface area contributed by atoms with Crippen molar-refractivity contribution >= 4 is 11.6 Å². The molecule has 0 aliphatic rings. The van der Waals surface area contributed by atoms with E-state index in [1.807, 2.05) is 29.1 Å². The van der Waals surface area contributed by atoms with Gasteiger partial charge in [0.15, 0.2) is 0 Å². The van der Waals surface area contributed by atoms with Gasteiger partial charge in [0.25, 0.3) is 0 Å². The number of rotatable bonds is 7. The number of aromatic nitrogens is 2. The Morgan fingerprint density at radius 3 is 2.67 bits per heavy atom. The van der Waals surface area contributed by atoms with Crippen LogP contribution >= 0.6 is 0 Å². The number of nitrogens with zero attached hydrogens (tertiary/aromatic N) is 2. The van der Waals surface area contributed by atoms with E-state index in [9.17, 15) is 4.79 Å². The van der Waals surface area contributed by atoms with Crippen LogP contribution < -0.4 is 15.4 Å². The number of ether oxygens (including phenoxy) is 1. The van der Waals surface area contributed by atoms with Crippen LogP contribution in [0, 0.1) is 0 Å². The molecule has 130 valence electrons. The summed E-state index contributed by atoms with van der Waals surface area (Å²) in [5, 5.41) is 10.6. The molecule has 0 radical (unpaired) electrons. The van der Waals surface area contributed by atoms with Crippen LogP contribution in [0.2, 0.25) is 0 Å². The zero-order chi connectivity index (χ0) is 17.7. The van der Waals surface area contributed by atoms with Crippen molar-refractivity contribution in [3.63, 3.8) is 0 Å². The van der Waals surface area contributed by atoms with Crippen molar-refractivity contribution in [2.24, 2.45) is 0 Å². The highest BCUT2D eigenvalue weighted by Gasteiger charge is 2.10. The molecule has 2 rings (SSSR count). The average molecular weight is 330 g/mol. The number of methoxy groups -OCH3 is 1. The Balaban J connectivity index is 2.03. The van der Waals surface area contributed by atoms with Gasteiger partial charge >= 0.3 is 0 Å². The van der Waals surface area contributed by atoms with Gasteiger partial charge in [0, 0.05) is 37.3 Å². The number of benzene rings is 1. The maximum absolute atomic E-state index is 11.3. The number of carbonyl (C=O) groups is 1. The first-order valence-electron chi connectivity index (χ1n) is 8.12. The molecular formula is C18H26N4O2. The Bertz CT molecular complexity index is 694. The minimum atomic E-state index is -0.118. The molecule has 1 aromatic heterocycles. The molecule has 0 aliphatic heterocycles. The van der Waals surface area contributed by atoms with Gasteiger partial charge in [-0.2, -0.15) is 5.10 Å². The predicted molar refractivity (Wildman–Crippen MR) is 95.2 cm³/mol. The molecule has 0 unspecified atom stereocenters. The van der Waals surface area contributed by atoms with Crippen LogP contribution in [-0.2, 0) is 11.3 Å². The minimum Gasteiger partial charge on any atom is -0.495 e. The summed E-state index contributed by atoms with van der Waals surface area (Å²) in [6.45, 7) is 8.49. The lowest BCUT2D eigenvalue weighted by Crippen LogP contribution is -2.18. The Morgan fingerprint density at radius 2 is 2.08 bits per heavy atom. The van der Waals surface area contributed by atoms with Crippen LogP contribution in [0.15, 0.2) is 30.6 Å². The Kier molecular flexibility index (Phi) is 5.98. The number of nitrogens with one attached hydrogen (secondary N) is 2. The van der Waals surface area contributed by atoms with E-state index in [2.05, 4.69) is 42.7 Å². The standard InChI is InChI=1S/C18H26N4O2/c1-12(2)22-11-16(10-20-22)13(3)19-9-15-6-7-18(24-5)17(8-15)21-14(4)23/h6-8,10-13,19H,9H2,1-5H3,(H,21,23)/t13-/m1/s1. The second-order valence-corrected chi connectivity index (χ2v) is 6.17. The highest BCUT2D eigenvalue weighted by molar-refractivity contribution is 5.90. The summed E-state index contributed by atoms with van der Waals surface area (Å²) in [7, 11) is 1.59. The molecule has 24 heavy (non-hydrogen) atoms. The van der Waals surface area contributed by atoms with E-state index < -0.39 is 0 Å². The summed E-state index contributed by atoms with van der Waals surface area (Å²) < 4.78 is 7.23. The summed E-state index contributed by atoms with van der Waals surface area (Å²) >= 11 is 0. The van der Waals surface area contributed by atoms with Crippen molar-refractivity contribution in [1.82, 2.24) is 15.1 Å². The molecule has 0 aliphatic carbocycles. The minimum absolute atomic E-state index is 0.118. The number of anilines is 1. The fourth-order valence-corrected chi connectivity index (χ4v) is 2.40. The monoisotopic (exact) mass is 330 g/mol. The van der Waals surface area contributed by atoms with Gasteiger partial charge in [-0.15, -0.1) is 0 Å². The normalized spacial score (nSPS) is 12.2. The molecule has 1 atom stereocenters. The molecule has 2 N–H and O–H groups in total. The zero-order valence-corrected chi connectivity index (χ0v) is 15.0. The molecule has 0 saturated heterocycles. The lowest BCUT2D eigenvalue weighted by atomic mass is 10.1. The summed E-state index contributed by atoms with van der Waals surface area (Å²) in [4.78, 5) is 11.3. The second kappa shape index (κ2) is 7.97. The third kappa shape index (κ3) is 4.58. The van der Waals surface area contributed by atoms with Gasteiger partial charge in [-0.1, -0.05) is 6.07 Å². The van der Waals surface area contributed by atoms with Crippen molar-refractivity contribution in [3.05, 3.63) is 41.7 Å². The maximum atomic E-state index is 11.3. The summed E-state index contributed by atoms with van der Waals surface area (Å²) in [6.07, 6.45) is 3.97. The summed E-state index contributed by atoms with van der Waals surface area (Å²) in [6, 6.07) is 6.32. The van der Waals surface area contributed by atoms with Gasteiger partial charge in [-0.25, -0.2) is 0 Å². The van der Waals surface area contributed by atoms with Crippen molar-refractivity contribution in [1.29, 1.82) is 0 Å². The smallest absolute Gasteiger partial charge is 0.221 e. The van der Waals surface area contributed by atoms with E-state index in [1.54, 1.807) is 7.11 Å². The van der Waals surface area contributed by atoms with Crippen LogP contribution in [0.5, 0.6) is 5.75 Å². The molecule has 2 aromatic rings. The molecule has 1 heterocycles. The van der Waals surface area contributed by atoms with Crippen LogP contribution in [0.3, 0.4) is 0 Å². The van der Waals surface area contributed by atoms with Crippen LogP contribution in [0.25, 0.3) is 0 Å². The fraction of sp³-hybridized carbons (Fsp3) is 0.444. The van der Waals surface area contributed by atoms with Gasteiger partial charge in [-0.05, 0) is 38.5 Å². The van der Waals surface area contributed by atoms with E-state index in [1.165, 1.54) is 6.92 Å². The quantitative estimate of drug-likeness (QED) is 0.817. The lowest BCUT2D eigenvalue weighted by molar-refractivity contribution is -0.114. The molecule has 0 fully saturated rings. The largest absolute Gasteiger partial charge is 0.495 e. The van der Waals surface area contributed by atoms with Crippen molar-refractivity contribution < 1.29 is 9.53 Å². The number of carbonyl (C=O) groups excluding carboxylic acids is 1. The Hall–Kier alpha value is -2.34. The molecule has 0 saturated carbocycles. The summed E-state index contributed by atoms with van der Waals surface area (Å²) in [5.41, 5.74) is 2.91. The molecule has 6 nitrogen and oxygen atoms in total. The third-order valence-electron chi connectivity index (χ3n) is 3.84. The van der Waals surface area contributed by atoms with Crippen molar-refractivity contribution in [2.75, 3.05) is 12.4 Å². The summed E-state index contributed by atoms with van der Waals surface area (Å²) in [5.74, 6) is 0.535.